The average molecular weight is 454 g/mol. The molecule has 0 fully saturated rings. The molecule has 0 aliphatic rings. The van der Waals surface area contributed by atoms with E-state index in [1.807, 2.05) is 42.5 Å². The number of nitrogens with zero attached hydrogens (tertiary/aromatic N) is 1. The lowest BCUT2D eigenvalue weighted by Crippen LogP contribution is -2.15. The third-order valence-electron chi connectivity index (χ3n) is 5.02. The highest BCUT2D eigenvalue weighted by Gasteiger charge is 2.15. The van der Waals surface area contributed by atoms with Crippen LogP contribution in [0.3, 0.4) is 0 Å². The Labute approximate surface area is 196 Å². The van der Waals surface area contributed by atoms with E-state index >= 15 is 0 Å². The summed E-state index contributed by atoms with van der Waals surface area (Å²) in [5, 5.41) is 12.3. The molecule has 4 aromatic rings. The van der Waals surface area contributed by atoms with E-state index in [9.17, 15) is 14.7 Å². The maximum Gasteiger partial charge on any atom is 0.337 e. The van der Waals surface area contributed by atoms with Gasteiger partial charge in [-0.2, -0.15) is 0 Å². The normalized spacial score (nSPS) is 11.3. The van der Waals surface area contributed by atoms with Crippen LogP contribution in [0.2, 0.25) is 0 Å². The molecule has 0 saturated heterocycles. The zero-order valence-corrected chi connectivity index (χ0v) is 18.1. The van der Waals surface area contributed by atoms with E-state index < -0.39 is 12.0 Å². The summed E-state index contributed by atoms with van der Waals surface area (Å²) >= 11 is 0. The number of rotatable bonds is 10. The number of para-hydroxylation sites is 1. The molecule has 4 rings (SSSR count). The van der Waals surface area contributed by atoms with Crippen molar-refractivity contribution in [3.05, 3.63) is 114 Å². The Kier molecular flexibility index (Phi) is 7.15. The van der Waals surface area contributed by atoms with E-state index in [0.717, 1.165) is 11.3 Å². The lowest BCUT2D eigenvalue weighted by atomic mass is 10.1. The number of carbonyl (C=O) groups is 2. The topological polar surface area (TPSA) is 97.8 Å². The SMILES string of the molecule is O=CC(Nc1ccccc1C(=O)O)c1ccc(Oc2ccc(OCc3ccccc3)cc2)nc1. The fourth-order valence-corrected chi connectivity index (χ4v) is 3.26. The molecule has 0 spiro atoms. The Morgan fingerprint density at radius 1 is 0.912 bits per heavy atom. The van der Waals surface area contributed by atoms with E-state index in [1.54, 1.807) is 42.5 Å². The molecule has 1 heterocycles. The molecular formula is C27H22N2O5. The fraction of sp³-hybridized carbons (Fsp3) is 0.0741. The van der Waals surface area contributed by atoms with Crippen LogP contribution in [-0.4, -0.2) is 22.3 Å². The molecule has 170 valence electrons. The highest BCUT2D eigenvalue weighted by atomic mass is 16.5. The van der Waals surface area contributed by atoms with Crippen LogP contribution in [0.25, 0.3) is 0 Å². The van der Waals surface area contributed by atoms with Gasteiger partial charge in [0, 0.05) is 23.5 Å². The number of nitrogens with one attached hydrogen (secondary N) is 1. The van der Waals surface area contributed by atoms with Gasteiger partial charge in [-0.25, -0.2) is 9.78 Å². The summed E-state index contributed by atoms with van der Waals surface area (Å²) < 4.78 is 11.6. The molecule has 34 heavy (non-hydrogen) atoms. The molecule has 1 aromatic heterocycles. The van der Waals surface area contributed by atoms with Crippen LogP contribution >= 0.6 is 0 Å². The van der Waals surface area contributed by atoms with E-state index in [2.05, 4.69) is 10.3 Å². The summed E-state index contributed by atoms with van der Waals surface area (Å²) in [5.41, 5.74) is 2.09. The minimum Gasteiger partial charge on any atom is -0.489 e. The van der Waals surface area contributed by atoms with Crippen LogP contribution in [0, 0.1) is 0 Å². The zero-order chi connectivity index (χ0) is 23.8. The number of carboxylic acids is 1. The Balaban J connectivity index is 1.37. The number of benzene rings is 3. The number of hydrogen-bond donors (Lipinski definition) is 2. The van der Waals surface area contributed by atoms with Gasteiger partial charge in [0.05, 0.1) is 5.56 Å². The number of carbonyl (C=O) groups excluding carboxylic acids is 1. The van der Waals surface area contributed by atoms with Gasteiger partial charge < -0.3 is 24.7 Å². The monoisotopic (exact) mass is 454 g/mol. The first-order chi connectivity index (χ1) is 16.6. The van der Waals surface area contributed by atoms with Crippen LogP contribution in [0.4, 0.5) is 5.69 Å². The van der Waals surface area contributed by atoms with Gasteiger partial charge in [0.2, 0.25) is 5.88 Å². The number of aromatic carboxylic acids is 1. The second-order valence-corrected chi connectivity index (χ2v) is 7.39. The van der Waals surface area contributed by atoms with Crippen molar-refractivity contribution in [3.8, 4) is 17.4 Å². The molecule has 1 atom stereocenters. The van der Waals surface area contributed by atoms with Gasteiger partial charge in [0.25, 0.3) is 0 Å². The van der Waals surface area contributed by atoms with E-state index in [0.29, 0.717) is 35.8 Å². The first kappa shape index (κ1) is 22.5. The van der Waals surface area contributed by atoms with Crippen molar-refractivity contribution in [2.75, 3.05) is 5.32 Å². The van der Waals surface area contributed by atoms with Gasteiger partial charge in [-0.3, -0.25) is 0 Å². The number of anilines is 1. The molecule has 0 aliphatic heterocycles. The van der Waals surface area contributed by atoms with Crippen LogP contribution in [-0.2, 0) is 11.4 Å². The summed E-state index contributed by atoms with van der Waals surface area (Å²) in [5.74, 6) is 0.595. The summed E-state index contributed by atoms with van der Waals surface area (Å²) in [7, 11) is 0. The molecule has 0 radical (unpaired) electrons. The summed E-state index contributed by atoms with van der Waals surface area (Å²) in [6.07, 6.45) is 2.21. The number of hydrogen-bond acceptors (Lipinski definition) is 6. The van der Waals surface area contributed by atoms with Crippen molar-refractivity contribution in [3.63, 3.8) is 0 Å². The number of ether oxygens (including phenoxy) is 2. The minimum atomic E-state index is -1.08. The van der Waals surface area contributed by atoms with Crippen molar-refractivity contribution < 1.29 is 24.2 Å². The number of aldehydes is 1. The predicted molar refractivity (Wildman–Crippen MR) is 127 cm³/mol. The van der Waals surface area contributed by atoms with E-state index in [-0.39, 0.29) is 5.56 Å². The van der Waals surface area contributed by atoms with Crippen molar-refractivity contribution in [2.45, 2.75) is 12.6 Å². The second-order valence-electron chi connectivity index (χ2n) is 7.39. The quantitative estimate of drug-likeness (QED) is 0.305. The maximum absolute atomic E-state index is 11.7. The molecule has 7 nitrogen and oxygen atoms in total. The van der Waals surface area contributed by atoms with Gasteiger partial charge in [-0.15, -0.1) is 0 Å². The van der Waals surface area contributed by atoms with Gasteiger partial charge in [0.1, 0.15) is 30.4 Å². The van der Waals surface area contributed by atoms with E-state index in [4.69, 9.17) is 9.47 Å². The molecule has 1 unspecified atom stereocenters. The molecule has 2 N–H and O–H groups in total. The molecular weight excluding hydrogens is 432 g/mol. The summed E-state index contributed by atoms with van der Waals surface area (Å²) in [6, 6.07) is 26.1. The van der Waals surface area contributed by atoms with Crippen LogP contribution < -0.4 is 14.8 Å². The number of carboxylic acid groups (broad SMARTS) is 1. The largest absolute Gasteiger partial charge is 0.489 e. The van der Waals surface area contributed by atoms with Crippen molar-refractivity contribution in [1.29, 1.82) is 0 Å². The van der Waals surface area contributed by atoms with Gasteiger partial charge in [-0.05, 0) is 48.0 Å². The number of aromatic nitrogens is 1. The molecule has 0 bridgehead atoms. The standard InChI is InChI=1S/C27H22N2O5/c30-17-25(29-24-9-5-4-8-23(24)27(31)32)20-10-15-26(28-16-20)34-22-13-11-21(12-14-22)33-18-19-6-2-1-3-7-19/h1-17,25,29H,18H2,(H,31,32). The second kappa shape index (κ2) is 10.8. The third kappa shape index (κ3) is 5.77. The lowest BCUT2D eigenvalue weighted by molar-refractivity contribution is -0.108. The minimum absolute atomic E-state index is 0.0819. The van der Waals surface area contributed by atoms with Crippen molar-refractivity contribution in [1.82, 2.24) is 4.98 Å². The smallest absolute Gasteiger partial charge is 0.337 e. The number of pyridine rings is 1. The summed E-state index contributed by atoms with van der Waals surface area (Å²) in [6.45, 7) is 0.479. The Hall–Kier alpha value is -4.65. The highest BCUT2D eigenvalue weighted by Crippen LogP contribution is 2.25. The Morgan fingerprint density at radius 2 is 1.62 bits per heavy atom. The van der Waals surface area contributed by atoms with Gasteiger partial charge >= 0.3 is 5.97 Å². The Morgan fingerprint density at radius 3 is 2.29 bits per heavy atom. The van der Waals surface area contributed by atoms with Gasteiger partial charge in [-0.1, -0.05) is 42.5 Å². The van der Waals surface area contributed by atoms with Crippen molar-refractivity contribution in [2.24, 2.45) is 0 Å². The first-order valence-electron chi connectivity index (χ1n) is 10.6. The predicted octanol–water partition coefficient (Wildman–Crippen LogP) is 5.50. The van der Waals surface area contributed by atoms with Crippen molar-refractivity contribution >= 4 is 17.9 Å². The fourth-order valence-electron chi connectivity index (χ4n) is 3.26. The van der Waals surface area contributed by atoms with Crippen LogP contribution in [0.1, 0.15) is 27.5 Å². The summed E-state index contributed by atoms with van der Waals surface area (Å²) in [4.78, 5) is 27.3. The molecule has 3 aromatic carbocycles. The Bertz CT molecular complexity index is 1240. The maximum atomic E-state index is 11.7. The van der Waals surface area contributed by atoms with E-state index in [1.165, 1.54) is 12.3 Å². The highest BCUT2D eigenvalue weighted by molar-refractivity contribution is 5.94. The van der Waals surface area contributed by atoms with Crippen LogP contribution in [0.5, 0.6) is 17.4 Å². The first-order valence-corrected chi connectivity index (χ1v) is 10.6. The molecule has 7 heteroatoms. The zero-order valence-electron chi connectivity index (χ0n) is 18.1. The molecule has 0 aliphatic carbocycles. The lowest BCUT2D eigenvalue weighted by Gasteiger charge is -2.16. The van der Waals surface area contributed by atoms with Crippen LogP contribution in [0.15, 0.2) is 97.2 Å². The third-order valence-corrected chi connectivity index (χ3v) is 5.02. The molecule has 0 amide bonds. The molecule has 0 saturated carbocycles. The average Bonchev–Trinajstić information content (AvgIpc) is 2.88. The van der Waals surface area contributed by atoms with Gasteiger partial charge in [0.15, 0.2) is 0 Å².